The number of pyridine rings is 1. The molecule has 5 nitrogen and oxygen atoms in total. The predicted molar refractivity (Wildman–Crippen MR) is 93.3 cm³/mol. The van der Waals surface area contributed by atoms with Gasteiger partial charge in [0, 0.05) is 30.7 Å². The van der Waals surface area contributed by atoms with Crippen molar-refractivity contribution >= 4 is 11.5 Å². The normalized spacial score (nSPS) is 11.7. The van der Waals surface area contributed by atoms with Crippen LogP contribution in [0.3, 0.4) is 0 Å². The van der Waals surface area contributed by atoms with Gasteiger partial charge in [-0.1, -0.05) is 12.1 Å². The van der Waals surface area contributed by atoms with E-state index in [1.807, 2.05) is 31.3 Å². The molecule has 116 valence electrons. The number of hydrogen-bond donors (Lipinski definition) is 2. The summed E-state index contributed by atoms with van der Waals surface area (Å²) >= 11 is 0. The van der Waals surface area contributed by atoms with Gasteiger partial charge in [-0.25, -0.2) is 4.98 Å². The van der Waals surface area contributed by atoms with E-state index in [0.29, 0.717) is 0 Å². The van der Waals surface area contributed by atoms with Gasteiger partial charge < -0.3 is 10.6 Å². The molecule has 0 saturated heterocycles. The van der Waals surface area contributed by atoms with E-state index in [2.05, 4.69) is 44.6 Å². The number of benzene rings is 1. The minimum atomic E-state index is 0.130. The molecule has 0 bridgehead atoms. The van der Waals surface area contributed by atoms with Crippen molar-refractivity contribution in [3.63, 3.8) is 0 Å². The number of hydrogen-bond acceptors (Lipinski definition) is 5. The van der Waals surface area contributed by atoms with Crippen LogP contribution in [0.2, 0.25) is 0 Å². The van der Waals surface area contributed by atoms with E-state index in [4.69, 9.17) is 0 Å². The first-order valence-corrected chi connectivity index (χ1v) is 7.53. The summed E-state index contributed by atoms with van der Waals surface area (Å²) in [6.07, 6.45) is 7.00. The van der Waals surface area contributed by atoms with Crippen LogP contribution in [-0.4, -0.2) is 22.0 Å². The van der Waals surface area contributed by atoms with Crippen molar-refractivity contribution in [2.75, 3.05) is 17.7 Å². The van der Waals surface area contributed by atoms with Crippen LogP contribution in [-0.2, 0) is 0 Å². The molecule has 2 N–H and O–H groups in total. The van der Waals surface area contributed by atoms with Crippen molar-refractivity contribution in [1.82, 2.24) is 15.0 Å². The van der Waals surface area contributed by atoms with Crippen molar-refractivity contribution in [1.29, 1.82) is 0 Å². The highest BCUT2D eigenvalue weighted by molar-refractivity contribution is 5.59. The van der Waals surface area contributed by atoms with E-state index in [9.17, 15) is 0 Å². The lowest BCUT2D eigenvalue weighted by Crippen LogP contribution is -2.09. The third-order valence-electron chi connectivity index (χ3n) is 3.65. The molecule has 1 unspecified atom stereocenters. The number of aromatic nitrogens is 3. The average molecular weight is 305 g/mol. The van der Waals surface area contributed by atoms with Crippen molar-refractivity contribution in [2.45, 2.75) is 13.0 Å². The fourth-order valence-corrected chi connectivity index (χ4v) is 2.37. The van der Waals surface area contributed by atoms with Gasteiger partial charge in [0.1, 0.15) is 5.82 Å². The summed E-state index contributed by atoms with van der Waals surface area (Å²) in [5, 5.41) is 6.56. The van der Waals surface area contributed by atoms with Gasteiger partial charge in [0.05, 0.1) is 24.1 Å². The molecule has 0 spiro atoms. The Balaban J connectivity index is 1.80. The Kier molecular flexibility index (Phi) is 4.47. The summed E-state index contributed by atoms with van der Waals surface area (Å²) in [5.74, 6) is 0.752. The van der Waals surface area contributed by atoms with E-state index >= 15 is 0 Å². The fourth-order valence-electron chi connectivity index (χ4n) is 2.37. The molecule has 0 fully saturated rings. The van der Waals surface area contributed by atoms with E-state index < -0.39 is 0 Å². The van der Waals surface area contributed by atoms with Gasteiger partial charge in [0.2, 0.25) is 0 Å². The molecule has 0 aliphatic carbocycles. The van der Waals surface area contributed by atoms with Gasteiger partial charge in [-0.3, -0.25) is 9.97 Å². The van der Waals surface area contributed by atoms with Crippen molar-refractivity contribution < 1.29 is 0 Å². The third-order valence-corrected chi connectivity index (χ3v) is 3.65. The lowest BCUT2D eigenvalue weighted by Gasteiger charge is -2.16. The number of anilines is 2. The van der Waals surface area contributed by atoms with Gasteiger partial charge in [-0.15, -0.1) is 0 Å². The maximum atomic E-state index is 4.63. The Hall–Kier alpha value is -2.95. The standard InChI is InChI=1S/C18H19N5/c1-13(15-4-3-5-16(10-15)19-2)22-18-12-21-11-17(23-18)14-6-8-20-9-7-14/h3-13,19H,1-2H3,(H,22,23). The smallest absolute Gasteiger partial charge is 0.145 e. The Morgan fingerprint density at radius 1 is 1.00 bits per heavy atom. The summed E-state index contributed by atoms with van der Waals surface area (Å²) < 4.78 is 0. The number of nitrogens with zero attached hydrogens (tertiary/aromatic N) is 3. The maximum absolute atomic E-state index is 4.63. The molecular weight excluding hydrogens is 286 g/mol. The second kappa shape index (κ2) is 6.87. The molecule has 2 aromatic heterocycles. The van der Waals surface area contributed by atoms with Crippen molar-refractivity contribution in [3.05, 3.63) is 66.7 Å². The second-order valence-corrected chi connectivity index (χ2v) is 5.27. The van der Waals surface area contributed by atoms with Crippen molar-refractivity contribution in [3.8, 4) is 11.3 Å². The van der Waals surface area contributed by atoms with E-state index in [1.165, 1.54) is 5.56 Å². The first kappa shape index (κ1) is 15.0. The van der Waals surface area contributed by atoms with Gasteiger partial charge in [0.25, 0.3) is 0 Å². The van der Waals surface area contributed by atoms with E-state index in [0.717, 1.165) is 22.8 Å². The van der Waals surface area contributed by atoms with Crippen LogP contribution in [0.25, 0.3) is 11.3 Å². The zero-order valence-electron chi connectivity index (χ0n) is 13.2. The lowest BCUT2D eigenvalue weighted by atomic mass is 10.1. The van der Waals surface area contributed by atoms with Crippen LogP contribution in [0.1, 0.15) is 18.5 Å². The third kappa shape index (κ3) is 3.63. The number of nitrogens with one attached hydrogen (secondary N) is 2. The van der Waals surface area contributed by atoms with E-state index in [1.54, 1.807) is 24.8 Å². The minimum absolute atomic E-state index is 0.130. The van der Waals surface area contributed by atoms with Gasteiger partial charge in [-0.05, 0) is 36.8 Å². The summed E-state index contributed by atoms with van der Waals surface area (Å²) in [5.41, 5.74) is 4.11. The molecule has 0 aliphatic rings. The van der Waals surface area contributed by atoms with E-state index in [-0.39, 0.29) is 6.04 Å². The molecule has 23 heavy (non-hydrogen) atoms. The van der Waals surface area contributed by atoms with Crippen LogP contribution in [0.4, 0.5) is 11.5 Å². The Bertz CT molecular complexity index is 773. The fraction of sp³-hybridized carbons (Fsp3) is 0.167. The Labute approximate surface area is 135 Å². The average Bonchev–Trinajstić information content (AvgIpc) is 2.63. The van der Waals surface area contributed by atoms with Crippen molar-refractivity contribution in [2.24, 2.45) is 0 Å². The van der Waals surface area contributed by atoms with Crippen LogP contribution in [0.15, 0.2) is 61.2 Å². The lowest BCUT2D eigenvalue weighted by molar-refractivity contribution is 0.872. The molecule has 1 atom stereocenters. The molecule has 2 heterocycles. The SMILES string of the molecule is CNc1cccc(C(C)Nc2cncc(-c3ccncc3)n2)c1. The quantitative estimate of drug-likeness (QED) is 0.751. The highest BCUT2D eigenvalue weighted by Crippen LogP contribution is 2.22. The largest absolute Gasteiger partial charge is 0.388 e. The predicted octanol–water partition coefficient (Wildman–Crippen LogP) is 3.75. The molecular formula is C18H19N5. The Morgan fingerprint density at radius 3 is 2.61 bits per heavy atom. The molecule has 0 radical (unpaired) electrons. The summed E-state index contributed by atoms with van der Waals surface area (Å²) in [4.78, 5) is 12.9. The highest BCUT2D eigenvalue weighted by atomic mass is 15.0. The molecule has 0 saturated carbocycles. The Morgan fingerprint density at radius 2 is 1.83 bits per heavy atom. The molecule has 0 amide bonds. The van der Waals surface area contributed by atoms with Gasteiger partial charge in [-0.2, -0.15) is 0 Å². The molecule has 5 heteroatoms. The minimum Gasteiger partial charge on any atom is -0.388 e. The first-order chi connectivity index (χ1) is 11.3. The van der Waals surface area contributed by atoms with Crippen LogP contribution in [0.5, 0.6) is 0 Å². The number of rotatable bonds is 5. The summed E-state index contributed by atoms with van der Waals surface area (Å²) in [6, 6.07) is 12.3. The maximum Gasteiger partial charge on any atom is 0.145 e. The molecule has 3 rings (SSSR count). The summed E-state index contributed by atoms with van der Waals surface area (Å²) in [6.45, 7) is 2.11. The molecule has 3 aromatic rings. The van der Waals surface area contributed by atoms with Crippen LogP contribution < -0.4 is 10.6 Å². The monoisotopic (exact) mass is 305 g/mol. The second-order valence-electron chi connectivity index (χ2n) is 5.27. The first-order valence-electron chi connectivity index (χ1n) is 7.53. The van der Waals surface area contributed by atoms with Gasteiger partial charge >= 0.3 is 0 Å². The summed E-state index contributed by atoms with van der Waals surface area (Å²) in [7, 11) is 1.92. The highest BCUT2D eigenvalue weighted by Gasteiger charge is 2.08. The molecule has 1 aromatic carbocycles. The molecule has 0 aliphatic heterocycles. The van der Waals surface area contributed by atoms with Crippen LogP contribution >= 0.6 is 0 Å². The zero-order chi connectivity index (χ0) is 16.1. The van der Waals surface area contributed by atoms with Crippen LogP contribution in [0, 0.1) is 0 Å². The van der Waals surface area contributed by atoms with Gasteiger partial charge in [0.15, 0.2) is 0 Å². The zero-order valence-corrected chi connectivity index (χ0v) is 13.2. The topological polar surface area (TPSA) is 62.7 Å².